The summed E-state index contributed by atoms with van der Waals surface area (Å²) in [5.74, 6) is -3.44. The molecular formula is C31H24F3N3O6S2. The van der Waals surface area contributed by atoms with Gasteiger partial charge >= 0.3 is 11.0 Å². The molecule has 3 heterocycles. The fourth-order valence-corrected chi connectivity index (χ4v) is 8.34. The van der Waals surface area contributed by atoms with Crippen molar-refractivity contribution in [3.63, 3.8) is 0 Å². The summed E-state index contributed by atoms with van der Waals surface area (Å²) in [5.41, 5.74) is 0.804. The molecule has 3 atom stereocenters. The van der Waals surface area contributed by atoms with Crippen LogP contribution in [0, 0.1) is 12.8 Å². The van der Waals surface area contributed by atoms with E-state index in [-0.39, 0.29) is 17.2 Å². The Morgan fingerprint density at radius 3 is 2.44 bits per heavy atom. The lowest BCUT2D eigenvalue weighted by molar-refractivity contribution is -0.137. The minimum atomic E-state index is -4.61. The van der Waals surface area contributed by atoms with Crippen LogP contribution in [0.2, 0.25) is 0 Å². The molecule has 0 spiro atoms. The van der Waals surface area contributed by atoms with E-state index >= 15 is 0 Å². The average molecular weight is 656 g/mol. The summed E-state index contributed by atoms with van der Waals surface area (Å²) >= 11 is 1.82. The van der Waals surface area contributed by atoms with Crippen molar-refractivity contribution in [2.45, 2.75) is 35.8 Å². The third-order valence-corrected chi connectivity index (χ3v) is 10.3. The maximum Gasteiger partial charge on any atom is 0.416 e. The van der Waals surface area contributed by atoms with Gasteiger partial charge in [-0.2, -0.15) is 13.2 Å². The Morgan fingerprint density at radius 2 is 1.76 bits per heavy atom. The maximum absolute atomic E-state index is 14.0. The molecule has 9 nitrogen and oxygen atoms in total. The topological polar surface area (TPSA) is 118 Å². The lowest BCUT2D eigenvalue weighted by atomic mass is 9.83. The number of thiazole rings is 1. The van der Waals surface area contributed by atoms with Gasteiger partial charge in [0.05, 0.1) is 29.3 Å². The number of aromatic hydroxyl groups is 1. The fourth-order valence-electron chi connectivity index (χ4n) is 5.57. The molecule has 1 saturated heterocycles. The van der Waals surface area contributed by atoms with Crippen LogP contribution in [-0.2, 0) is 27.1 Å². The van der Waals surface area contributed by atoms with Crippen LogP contribution in [-0.4, -0.2) is 39.8 Å². The van der Waals surface area contributed by atoms with Gasteiger partial charge in [0.1, 0.15) is 11.8 Å². The number of amides is 3. The van der Waals surface area contributed by atoms with Crippen molar-refractivity contribution < 1.29 is 37.4 Å². The average Bonchev–Trinajstić information content (AvgIpc) is 3.44. The standard InChI is InChI=1S/C31H24F3N3O6S2/c1-15-6-9-19(10-7-15)37-27(40)24-23(16-8-11-20(38)21(12-16)43-2)26-29(44-25(24)28(37)41)36(30(42)45-26)14-22(39)35-18-5-3-4-17(13-18)31(32,33)34/h3-13,23-25,38H,14H2,1-2H3,(H,35,39). The molecule has 3 unspecified atom stereocenters. The van der Waals surface area contributed by atoms with E-state index in [1.807, 2.05) is 6.92 Å². The Labute approximate surface area is 262 Å². The molecule has 0 saturated carbocycles. The van der Waals surface area contributed by atoms with Gasteiger partial charge in [-0.3, -0.25) is 23.7 Å². The van der Waals surface area contributed by atoms with Gasteiger partial charge in [-0.25, -0.2) is 4.90 Å². The normalized spacial score (nSPS) is 19.3. The molecule has 45 heavy (non-hydrogen) atoms. The van der Waals surface area contributed by atoms with Gasteiger partial charge in [0, 0.05) is 16.5 Å². The summed E-state index contributed by atoms with van der Waals surface area (Å²) in [6.07, 6.45) is -4.61. The first-order valence-electron chi connectivity index (χ1n) is 13.6. The highest BCUT2D eigenvalue weighted by Gasteiger charge is 2.57. The molecule has 1 fully saturated rings. The summed E-state index contributed by atoms with van der Waals surface area (Å²) in [6, 6.07) is 15.6. The number of imide groups is 1. The molecule has 0 radical (unpaired) electrons. The Hall–Kier alpha value is -4.56. The molecule has 3 amide bonds. The molecule has 0 bridgehead atoms. The third kappa shape index (κ3) is 5.48. The van der Waals surface area contributed by atoms with Gasteiger partial charge in [0.15, 0.2) is 11.5 Å². The van der Waals surface area contributed by atoms with E-state index in [1.165, 1.54) is 29.9 Å². The predicted octanol–water partition coefficient (Wildman–Crippen LogP) is 5.39. The van der Waals surface area contributed by atoms with Crippen molar-refractivity contribution in [1.29, 1.82) is 0 Å². The summed E-state index contributed by atoms with van der Waals surface area (Å²) < 4.78 is 46.0. The van der Waals surface area contributed by atoms with Crippen LogP contribution in [0.25, 0.3) is 0 Å². The fraction of sp³-hybridized carbons (Fsp3) is 0.226. The van der Waals surface area contributed by atoms with E-state index in [1.54, 1.807) is 30.3 Å². The zero-order valence-electron chi connectivity index (χ0n) is 23.6. The Kier molecular flexibility index (Phi) is 7.73. The van der Waals surface area contributed by atoms with Crippen molar-refractivity contribution in [2.75, 3.05) is 17.3 Å². The van der Waals surface area contributed by atoms with Crippen molar-refractivity contribution in [1.82, 2.24) is 4.57 Å². The van der Waals surface area contributed by atoms with Gasteiger partial charge in [0.25, 0.3) is 0 Å². The number of aromatic nitrogens is 1. The van der Waals surface area contributed by atoms with Crippen LogP contribution >= 0.6 is 23.1 Å². The number of methoxy groups -OCH3 is 1. The number of carbonyl (C=O) groups is 3. The highest BCUT2D eigenvalue weighted by molar-refractivity contribution is 8.00. The number of nitrogens with one attached hydrogen (secondary N) is 1. The van der Waals surface area contributed by atoms with Gasteiger partial charge in [0.2, 0.25) is 17.7 Å². The number of halogens is 3. The lowest BCUT2D eigenvalue weighted by Crippen LogP contribution is -2.33. The summed E-state index contributed by atoms with van der Waals surface area (Å²) in [5, 5.41) is 12.0. The molecule has 3 aromatic carbocycles. The number of thioether (sulfide) groups is 1. The number of phenolic OH excluding ortho intramolecular Hbond substituents is 1. The van der Waals surface area contributed by atoms with Crippen LogP contribution < -0.4 is 19.8 Å². The second-order valence-corrected chi connectivity index (χ2v) is 12.7. The minimum absolute atomic E-state index is 0.0981. The molecule has 0 aliphatic carbocycles. The first-order chi connectivity index (χ1) is 21.4. The van der Waals surface area contributed by atoms with Crippen molar-refractivity contribution in [2.24, 2.45) is 5.92 Å². The Balaban J connectivity index is 1.40. The van der Waals surface area contributed by atoms with Crippen molar-refractivity contribution in [3.8, 4) is 11.5 Å². The summed E-state index contributed by atoms with van der Waals surface area (Å²) in [7, 11) is 1.37. The molecule has 6 rings (SSSR count). The van der Waals surface area contributed by atoms with E-state index in [2.05, 4.69) is 5.32 Å². The molecule has 2 aliphatic heterocycles. The molecule has 232 valence electrons. The highest BCUT2D eigenvalue weighted by Crippen LogP contribution is 2.54. The van der Waals surface area contributed by atoms with Gasteiger partial charge in [-0.1, -0.05) is 52.9 Å². The molecule has 14 heteroatoms. The van der Waals surface area contributed by atoms with E-state index in [0.717, 1.165) is 51.8 Å². The van der Waals surface area contributed by atoms with E-state index < -0.39 is 58.0 Å². The van der Waals surface area contributed by atoms with Gasteiger partial charge in [-0.05, 0) is 55.0 Å². The van der Waals surface area contributed by atoms with Gasteiger partial charge < -0.3 is 15.2 Å². The number of carbonyl (C=O) groups excluding carboxylic acids is 3. The van der Waals surface area contributed by atoms with Crippen molar-refractivity contribution in [3.05, 3.63) is 98.0 Å². The van der Waals surface area contributed by atoms with E-state index in [4.69, 9.17) is 4.74 Å². The monoisotopic (exact) mass is 655 g/mol. The number of phenols is 1. The first kappa shape index (κ1) is 30.5. The zero-order chi connectivity index (χ0) is 32.2. The molecule has 2 aliphatic rings. The summed E-state index contributed by atoms with van der Waals surface area (Å²) in [6.45, 7) is 1.34. The molecule has 4 aromatic rings. The van der Waals surface area contributed by atoms with Crippen LogP contribution in [0.5, 0.6) is 11.5 Å². The van der Waals surface area contributed by atoms with E-state index in [0.29, 0.717) is 21.2 Å². The molecule has 1 aromatic heterocycles. The molecular weight excluding hydrogens is 631 g/mol. The quantitative estimate of drug-likeness (QED) is 0.268. The number of nitrogens with zero attached hydrogens (tertiary/aromatic N) is 2. The lowest BCUT2D eigenvalue weighted by Gasteiger charge is -2.31. The Morgan fingerprint density at radius 1 is 1.02 bits per heavy atom. The minimum Gasteiger partial charge on any atom is -0.504 e. The summed E-state index contributed by atoms with van der Waals surface area (Å²) in [4.78, 5) is 55.3. The Bertz CT molecular complexity index is 1900. The SMILES string of the molecule is COc1cc(C2c3sc(=O)n(CC(=O)Nc4cccc(C(F)(F)F)c4)c3SC3C(=O)N(c4ccc(C)cc4)C(=O)C32)ccc1O. The smallest absolute Gasteiger partial charge is 0.416 e. The number of ether oxygens (including phenoxy) is 1. The van der Waals surface area contributed by atoms with Crippen LogP contribution in [0.15, 0.2) is 76.6 Å². The number of rotatable bonds is 6. The third-order valence-electron chi connectivity index (χ3n) is 7.68. The second-order valence-electron chi connectivity index (χ2n) is 10.6. The number of fused-ring (bicyclic) bond motifs is 2. The van der Waals surface area contributed by atoms with Crippen LogP contribution in [0.3, 0.4) is 0 Å². The number of alkyl halides is 3. The number of benzene rings is 3. The number of aryl methyl sites for hydroxylation is 1. The molecule has 2 N–H and O–H groups in total. The predicted molar refractivity (Wildman–Crippen MR) is 162 cm³/mol. The highest BCUT2D eigenvalue weighted by atomic mass is 32.2. The maximum atomic E-state index is 14.0. The van der Waals surface area contributed by atoms with Crippen molar-refractivity contribution >= 4 is 52.2 Å². The van der Waals surface area contributed by atoms with Gasteiger partial charge in [-0.15, -0.1) is 0 Å². The zero-order valence-corrected chi connectivity index (χ0v) is 25.3. The first-order valence-corrected chi connectivity index (χ1v) is 15.3. The number of anilines is 2. The number of hydrogen-bond donors (Lipinski definition) is 2. The van der Waals surface area contributed by atoms with E-state index in [9.17, 15) is 37.5 Å². The second kappa shape index (κ2) is 11.4. The van der Waals surface area contributed by atoms with Crippen LogP contribution in [0.1, 0.15) is 27.5 Å². The largest absolute Gasteiger partial charge is 0.504 e. The van der Waals surface area contributed by atoms with Crippen LogP contribution in [0.4, 0.5) is 24.5 Å². The number of hydrogen-bond acceptors (Lipinski definition) is 8.